The molecule has 1 N–H and O–H groups in total. The maximum Gasteiger partial charge on any atom is 0.287 e. The lowest BCUT2D eigenvalue weighted by atomic mass is 10.1. The van der Waals surface area contributed by atoms with Crippen molar-refractivity contribution in [3.8, 4) is 11.5 Å². The molecular formula is C26H25FN2O6. The first-order valence-corrected chi connectivity index (χ1v) is 11.2. The zero-order valence-electron chi connectivity index (χ0n) is 19.4. The van der Waals surface area contributed by atoms with Gasteiger partial charge in [-0.3, -0.25) is 19.3 Å². The van der Waals surface area contributed by atoms with E-state index in [9.17, 15) is 18.8 Å². The number of nitrogens with zero attached hydrogens (tertiary/aromatic N) is 1. The van der Waals surface area contributed by atoms with Crippen LogP contribution in [0.3, 0.4) is 0 Å². The molecule has 1 atom stereocenters. The minimum absolute atomic E-state index is 0.00426. The Morgan fingerprint density at radius 2 is 2.00 bits per heavy atom. The van der Waals surface area contributed by atoms with Gasteiger partial charge in [0, 0.05) is 17.7 Å². The molecule has 9 heteroatoms. The summed E-state index contributed by atoms with van der Waals surface area (Å²) >= 11 is 0. The maximum atomic E-state index is 13.3. The SMILES string of the molecule is CC[C@@H](C)NC(=O)c1ccc(CN2C(=O)COc3ccc(C(=O)COc4cccc(F)c4)cc32)o1. The number of ketones is 1. The summed E-state index contributed by atoms with van der Waals surface area (Å²) in [4.78, 5) is 39.1. The molecule has 2 aromatic carbocycles. The van der Waals surface area contributed by atoms with Gasteiger partial charge in [0.15, 0.2) is 24.8 Å². The van der Waals surface area contributed by atoms with Crippen molar-refractivity contribution in [2.24, 2.45) is 0 Å². The molecule has 0 spiro atoms. The van der Waals surface area contributed by atoms with Crippen molar-refractivity contribution in [2.45, 2.75) is 32.9 Å². The van der Waals surface area contributed by atoms with Crippen LogP contribution in [0.15, 0.2) is 59.0 Å². The van der Waals surface area contributed by atoms with E-state index in [1.165, 1.54) is 23.1 Å². The van der Waals surface area contributed by atoms with Gasteiger partial charge >= 0.3 is 0 Å². The lowest BCUT2D eigenvalue weighted by molar-refractivity contribution is -0.121. The predicted octanol–water partition coefficient (Wildman–Crippen LogP) is 4.13. The number of hydrogen-bond acceptors (Lipinski definition) is 6. The van der Waals surface area contributed by atoms with Gasteiger partial charge in [0.1, 0.15) is 23.1 Å². The third kappa shape index (κ3) is 5.68. The molecule has 1 aromatic heterocycles. The highest BCUT2D eigenvalue weighted by molar-refractivity contribution is 6.02. The number of amides is 2. The Morgan fingerprint density at radius 1 is 1.17 bits per heavy atom. The number of carbonyl (C=O) groups is 3. The molecule has 2 heterocycles. The normalized spacial score (nSPS) is 13.6. The average molecular weight is 480 g/mol. The van der Waals surface area contributed by atoms with Crippen LogP contribution in [-0.4, -0.2) is 36.9 Å². The van der Waals surface area contributed by atoms with Crippen LogP contribution in [0.2, 0.25) is 0 Å². The first-order chi connectivity index (χ1) is 16.8. The Hall–Kier alpha value is -4.14. The van der Waals surface area contributed by atoms with E-state index in [0.29, 0.717) is 22.8 Å². The first kappa shape index (κ1) is 24.0. The molecule has 1 aliphatic rings. The van der Waals surface area contributed by atoms with Crippen LogP contribution in [0, 0.1) is 5.82 Å². The van der Waals surface area contributed by atoms with E-state index in [4.69, 9.17) is 13.9 Å². The standard InChI is InChI=1S/C26H25FN2O6/c1-3-16(2)28-26(32)24-10-8-20(35-24)13-29-21-11-17(7-9-23(21)34-15-25(29)31)22(30)14-33-19-6-4-5-18(27)12-19/h4-12,16H,3,13-15H2,1-2H3,(H,28,32)/t16-/m1/s1. The molecule has 2 amide bonds. The van der Waals surface area contributed by atoms with Crippen molar-refractivity contribution in [3.63, 3.8) is 0 Å². The maximum absolute atomic E-state index is 13.3. The molecule has 0 saturated heterocycles. The zero-order valence-corrected chi connectivity index (χ0v) is 19.4. The summed E-state index contributed by atoms with van der Waals surface area (Å²) in [5, 5.41) is 2.83. The van der Waals surface area contributed by atoms with Crippen molar-refractivity contribution in [1.82, 2.24) is 5.32 Å². The number of hydrogen-bond donors (Lipinski definition) is 1. The Bertz CT molecular complexity index is 1250. The highest BCUT2D eigenvalue weighted by atomic mass is 19.1. The topological polar surface area (TPSA) is 98.1 Å². The quantitative estimate of drug-likeness (QED) is 0.463. The van der Waals surface area contributed by atoms with Crippen molar-refractivity contribution < 1.29 is 32.7 Å². The van der Waals surface area contributed by atoms with E-state index in [-0.39, 0.29) is 54.9 Å². The van der Waals surface area contributed by atoms with E-state index in [0.717, 1.165) is 6.42 Å². The number of rotatable bonds is 9. The molecule has 0 unspecified atom stereocenters. The number of carbonyl (C=O) groups excluding carboxylic acids is 3. The van der Waals surface area contributed by atoms with E-state index in [2.05, 4.69) is 5.32 Å². The van der Waals surface area contributed by atoms with Crippen LogP contribution in [-0.2, 0) is 11.3 Å². The second-order valence-electron chi connectivity index (χ2n) is 8.17. The largest absolute Gasteiger partial charge is 0.485 e. The summed E-state index contributed by atoms with van der Waals surface area (Å²) in [5.41, 5.74) is 0.705. The molecule has 3 aromatic rings. The number of fused-ring (bicyclic) bond motifs is 1. The van der Waals surface area contributed by atoms with Gasteiger partial charge in [0.05, 0.1) is 12.2 Å². The number of ether oxygens (including phenoxy) is 2. The molecule has 182 valence electrons. The number of halogens is 1. The van der Waals surface area contributed by atoms with E-state index >= 15 is 0 Å². The summed E-state index contributed by atoms with van der Waals surface area (Å²) < 4.78 is 29.9. The van der Waals surface area contributed by atoms with E-state index in [1.807, 2.05) is 13.8 Å². The van der Waals surface area contributed by atoms with Crippen molar-refractivity contribution in [1.29, 1.82) is 0 Å². The fourth-order valence-electron chi connectivity index (χ4n) is 3.48. The molecule has 1 aliphatic heterocycles. The van der Waals surface area contributed by atoms with E-state index in [1.54, 1.807) is 36.4 Å². The van der Waals surface area contributed by atoms with Gasteiger partial charge in [-0.1, -0.05) is 13.0 Å². The van der Waals surface area contributed by atoms with Crippen LogP contribution in [0.5, 0.6) is 11.5 Å². The summed E-state index contributed by atoms with van der Waals surface area (Å²) in [6, 6.07) is 13.4. The van der Waals surface area contributed by atoms with Crippen molar-refractivity contribution in [2.75, 3.05) is 18.1 Å². The van der Waals surface area contributed by atoms with Crippen molar-refractivity contribution >= 4 is 23.3 Å². The van der Waals surface area contributed by atoms with Crippen LogP contribution >= 0.6 is 0 Å². The van der Waals surface area contributed by atoms with Crippen LogP contribution in [0.4, 0.5) is 10.1 Å². The summed E-state index contributed by atoms with van der Waals surface area (Å²) in [5.74, 6) is -0.224. The fraction of sp³-hybridized carbons (Fsp3) is 0.269. The van der Waals surface area contributed by atoms with Crippen LogP contribution < -0.4 is 19.7 Å². The predicted molar refractivity (Wildman–Crippen MR) is 125 cm³/mol. The average Bonchev–Trinajstić information content (AvgIpc) is 3.33. The monoisotopic (exact) mass is 480 g/mol. The van der Waals surface area contributed by atoms with Gasteiger partial charge in [-0.05, 0) is 55.8 Å². The van der Waals surface area contributed by atoms with Crippen LogP contribution in [0.25, 0.3) is 0 Å². The number of nitrogens with one attached hydrogen (secondary N) is 1. The molecule has 0 bridgehead atoms. The summed E-state index contributed by atoms with van der Waals surface area (Å²) in [6.07, 6.45) is 0.784. The zero-order chi connectivity index (χ0) is 24.9. The van der Waals surface area contributed by atoms with Gasteiger partial charge < -0.3 is 19.2 Å². The van der Waals surface area contributed by atoms with Crippen LogP contribution in [0.1, 0.15) is 46.9 Å². The lowest BCUT2D eigenvalue weighted by Crippen LogP contribution is -2.38. The Kier molecular flexibility index (Phi) is 7.14. The van der Waals surface area contributed by atoms with Gasteiger partial charge in [-0.15, -0.1) is 0 Å². The van der Waals surface area contributed by atoms with E-state index < -0.39 is 5.82 Å². The number of Topliss-reactive ketones (excluding diaryl/α,β-unsaturated/α-hetero) is 1. The smallest absolute Gasteiger partial charge is 0.287 e. The Balaban J connectivity index is 1.49. The minimum Gasteiger partial charge on any atom is -0.485 e. The van der Waals surface area contributed by atoms with Gasteiger partial charge in [0.25, 0.3) is 11.8 Å². The number of benzene rings is 2. The third-order valence-corrected chi connectivity index (χ3v) is 5.58. The van der Waals surface area contributed by atoms with Gasteiger partial charge in [-0.25, -0.2) is 4.39 Å². The third-order valence-electron chi connectivity index (χ3n) is 5.58. The minimum atomic E-state index is -0.464. The lowest BCUT2D eigenvalue weighted by Gasteiger charge is -2.29. The highest BCUT2D eigenvalue weighted by Gasteiger charge is 2.28. The summed E-state index contributed by atoms with van der Waals surface area (Å²) in [6.45, 7) is 3.46. The molecule has 4 rings (SSSR count). The number of anilines is 1. The molecule has 0 saturated carbocycles. The number of furan rings is 1. The Morgan fingerprint density at radius 3 is 2.77 bits per heavy atom. The fourth-order valence-corrected chi connectivity index (χ4v) is 3.48. The molecule has 8 nitrogen and oxygen atoms in total. The molecule has 0 fully saturated rings. The highest BCUT2D eigenvalue weighted by Crippen LogP contribution is 2.34. The molecule has 35 heavy (non-hydrogen) atoms. The molecule has 0 aliphatic carbocycles. The van der Waals surface area contributed by atoms with Crippen molar-refractivity contribution in [3.05, 3.63) is 77.5 Å². The Labute approximate surface area is 201 Å². The molecular weight excluding hydrogens is 455 g/mol. The summed E-state index contributed by atoms with van der Waals surface area (Å²) in [7, 11) is 0. The van der Waals surface area contributed by atoms with Gasteiger partial charge in [0.2, 0.25) is 0 Å². The molecule has 0 radical (unpaired) electrons. The van der Waals surface area contributed by atoms with Gasteiger partial charge in [-0.2, -0.15) is 0 Å². The second kappa shape index (κ2) is 10.4. The first-order valence-electron chi connectivity index (χ1n) is 11.2. The second-order valence-corrected chi connectivity index (χ2v) is 8.17.